The fourth-order valence-electron chi connectivity index (χ4n) is 3.03. The number of aliphatic hydroxyl groups is 1. The summed E-state index contributed by atoms with van der Waals surface area (Å²) in [5, 5.41) is 15.9. The van der Waals surface area contributed by atoms with Gasteiger partial charge in [0.2, 0.25) is 11.8 Å². The number of aliphatic hydroxyl groups excluding tert-OH is 1. The average Bonchev–Trinajstić information content (AvgIpc) is 2.57. The molecule has 0 aromatic heterocycles. The second-order valence-corrected chi connectivity index (χ2v) is 6.05. The zero-order valence-electron chi connectivity index (χ0n) is 11.6. The predicted octanol–water partition coefficient (Wildman–Crippen LogP) is 0.712. The molecule has 1 heterocycles. The Hall–Kier alpha value is -1.10. The predicted molar refractivity (Wildman–Crippen MR) is 71.4 cm³/mol. The molecule has 1 aliphatic heterocycles. The Kier molecular flexibility index (Phi) is 4.45. The lowest BCUT2D eigenvalue weighted by Crippen LogP contribution is -2.51. The largest absolute Gasteiger partial charge is 0.392 e. The van der Waals surface area contributed by atoms with E-state index in [1.807, 2.05) is 6.92 Å². The van der Waals surface area contributed by atoms with Gasteiger partial charge < -0.3 is 15.7 Å². The number of hydrogen-bond donors (Lipinski definition) is 3. The van der Waals surface area contributed by atoms with Crippen LogP contribution in [0.3, 0.4) is 0 Å². The molecule has 0 radical (unpaired) electrons. The molecule has 19 heavy (non-hydrogen) atoms. The van der Waals surface area contributed by atoms with Gasteiger partial charge in [-0.1, -0.05) is 12.8 Å². The van der Waals surface area contributed by atoms with E-state index < -0.39 is 11.5 Å². The zero-order valence-corrected chi connectivity index (χ0v) is 11.6. The van der Waals surface area contributed by atoms with E-state index in [0.29, 0.717) is 19.4 Å². The minimum Gasteiger partial charge on any atom is -0.392 e. The zero-order chi connectivity index (χ0) is 13.9. The molecule has 0 spiro atoms. The van der Waals surface area contributed by atoms with Crippen LogP contribution in [0.2, 0.25) is 0 Å². The van der Waals surface area contributed by atoms with E-state index in [1.54, 1.807) is 0 Å². The highest BCUT2D eigenvalue weighted by molar-refractivity contribution is 5.84. The molecule has 5 heteroatoms. The highest BCUT2D eigenvalue weighted by Gasteiger charge is 2.42. The average molecular weight is 268 g/mol. The van der Waals surface area contributed by atoms with Gasteiger partial charge in [-0.2, -0.15) is 0 Å². The van der Waals surface area contributed by atoms with Crippen LogP contribution in [0.4, 0.5) is 0 Å². The first-order chi connectivity index (χ1) is 9.02. The Bertz CT molecular complexity index is 359. The summed E-state index contributed by atoms with van der Waals surface area (Å²) >= 11 is 0. The fraction of sp³-hybridized carbons (Fsp3) is 0.857. The minimum absolute atomic E-state index is 0.00264. The second-order valence-electron chi connectivity index (χ2n) is 6.05. The molecule has 108 valence electrons. The first kappa shape index (κ1) is 14.3. The van der Waals surface area contributed by atoms with E-state index in [0.717, 1.165) is 32.1 Å². The third kappa shape index (κ3) is 3.26. The topological polar surface area (TPSA) is 78.4 Å². The van der Waals surface area contributed by atoms with E-state index in [4.69, 9.17) is 0 Å². The van der Waals surface area contributed by atoms with Crippen LogP contribution in [0, 0.1) is 5.41 Å². The molecule has 2 amide bonds. The lowest BCUT2D eigenvalue weighted by atomic mass is 9.72. The summed E-state index contributed by atoms with van der Waals surface area (Å²) < 4.78 is 0. The number of rotatable bonds is 2. The Morgan fingerprint density at radius 2 is 2.16 bits per heavy atom. The van der Waals surface area contributed by atoms with E-state index in [9.17, 15) is 14.7 Å². The Morgan fingerprint density at radius 1 is 1.37 bits per heavy atom. The van der Waals surface area contributed by atoms with Crippen LogP contribution >= 0.6 is 0 Å². The summed E-state index contributed by atoms with van der Waals surface area (Å²) in [7, 11) is 0. The van der Waals surface area contributed by atoms with Crippen molar-refractivity contribution in [3.05, 3.63) is 0 Å². The van der Waals surface area contributed by atoms with Gasteiger partial charge in [0, 0.05) is 19.0 Å². The Labute approximate surface area is 114 Å². The monoisotopic (exact) mass is 268 g/mol. The second kappa shape index (κ2) is 5.90. The van der Waals surface area contributed by atoms with Gasteiger partial charge in [0.25, 0.3) is 0 Å². The molecule has 2 rings (SSSR count). The standard InChI is InChI=1S/C14H24N2O3/c1-14(7-3-2-6-11(14)17)13(19)16-10-5-4-8-15-12(18)9-10/h10-11,17H,2-9H2,1H3,(H,15,18)(H,16,19). The molecular formula is C14H24N2O3. The minimum atomic E-state index is -0.693. The molecule has 2 fully saturated rings. The van der Waals surface area contributed by atoms with Crippen LogP contribution in [0.25, 0.3) is 0 Å². The maximum Gasteiger partial charge on any atom is 0.228 e. The van der Waals surface area contributed by atoms with Gasteiger partial charge in [0.05, 0.1) is 11.5 Å². The van der Waals surface area contributed by atoms with Crippen LogP contribution in [0.5, 0.6) is 0 Å². The third-order valence-electron chi connectivity index (χ3n) is 4.50. The smallest absolute Gasteiger partial charge is 0.228 e. The van der Waals surface area contributed by atoms with E-state index >= 15 is 0 Å². The summed E-state index contributed by atoms with van der Waals surface area (Å²) in [6, 6.07) is -0.0963. The van der Waals surface area contributed by atoms with Crippen LogP contribution in [0.15, 0.2) is 0 Å². The van der Waals surface area contributed by atoms with Gasteiger partial charge in [0.1, 0.15) is 0 Å². The number of nitrogens with one attached hydrogen (secondary N) is 2. The fourth-order valence-corrected chi connectivity index (χ4v) is 3.03. The number of carbonyl (C=O) groups excluding carboxylic acids is 2. The summed E-state index contributed by atoms with van der Waals surface area (Å²) in [5.74, 6) is -0.100. The molecular weight excluding hydrogens is 244 g/mol. The Morgan fingerprint density at radius 3 is 2.89 bits per heavy atom. The molecule has 3 N–H and O–H groups in total. The van der Waals surface area contributed by atoms with Crippen molar-refractivity contribution < 1.29 is 14.7 Å². The van der Waals surface area contributed by atoms with E-state index in [2.05, 4.69) is 10.6 Å². The molecule has 3 unspecified atom stereocenters. The molecule has 0 aromatic rings. The van der Waals surface area contributed by atoms with Gasteiger partial charge >= 0.3 is 0 Å². The van der Waals surface area contributed by atoms with Crippen molar-refractivity contribution in [3.8, 4) is 0 Å². The van der Waals surface area contributed by atoms with Crippen molar-refractivity contribution >= 4 is 11.8 Å². The van der Waals surface area contributed by atoms with Crippen molar-refractivity contribution in [3.63, 3.8) is 0 Å². The van der Waals surface area contributed by atoms with Crippen LogP contribution < -0.4 is 10.6 Å². The number of carbonyl (C=O) groups is 2. The normalized spacial score (nSPS) is 36.2. The molecule has 3 atom stereocenters. The van der Waals surface area contributed by atoms with Gasteiger partial charge in [-0.25, -0.2) is 0 Å². The molecule has 1 aliphatic carbocycles. The first-order valence-electron chi connectivity index (χ1n) is 7.28. The number of hydrogen-bond acceptors (Lipinski definition) is 3. The van der Waals surface area contributed by atoms with Gasteiger partial charge in [-0.3, -0.25) is 9.59 Å². The maximum atomic E-state index is 12.4. The van der Waals surface area contributed by atoms with E-state index in [1.165, 1.54) is 0 Å². The van der Waals surface area contributed by atoms with Crippen molar-refractivity contribution in [2.45, 2.75) is 64.0 Å². The lowest BCUT2D eigenvalue weighted by Gasteiger charge is -2.37. The quantitative estimate of drug-likeness (QED) is 0.690. The first-order valence-corrected chi connectivity index (χ1v) is 7.28. The van der Waals surface area contributed by atoms with Crippen molar-refractivity contribution in [1.29, 1.82) is 0 Å². The van der Waals surface area contributed by atoms with Crippen LogP contribution in [-0.2, 0) is 9.59 Å². The molecule has 0 bridgehead atoms. The Balaban J connectivity index is 1.97. The molecule has 0 aromatic carbocycles. The van der Waals surface area contributed by atoms with Crippen molar-refractivity contribution in [1.82, 2.24) is 10.6 Å². The molecule has 2 aliphatic rings. The summed E-state index contributed by atoms with van der Waals surface area (Å²) in [6.45, 7) is 2.52. The highest BCUT2D eigenvalue weighted by Crippen LogP contribution is 2.36. The third-order valence-corrected chi connectivity index (χ3v) is 4.50. The van der Waals surface area contributed by atoms with Crippen LogP contribution in [-0.4, -0.2) is 35.6 Å². The summed E-state index contributed by atoms with van der Waals surface area (Å²) in [6.07, 6.45) is 4.85. The van der Waals surface area contributed by atoms with Gasteiger partial charge in [-0.15, -0.1) is 0 Å². The molecule has 5 nitrogen and oxygen atoms in total. The van der Waals surface area contributed by atoms with E-state index in [-0.39, 0.29) is 17.9 Å². The van der Waals surface area contributed by atoms with Gasteiger partial charge in [0.15, 0.2) is 0 Å². The SMILES string of the molecule is CC1(C(=O)NC2CCCNC(=O)C2)CCCCC1O. The lowest BCUT2D eigenvalue weighted by molar-refractivity contribution is -0.140. The van der Waals surface area contributed by atoms with Crippen molar-refractivity contribution in [2.75, 3.05) is 6.54 Å². The molecule has 1 saturated carbocycles. The highest BCUT2D eigenvalue weighted by atomic mass is 16.3. The summed E-state index contributed by atoms with van der Waals surface area (Å²) in [5.41, 5.74) is -0.693. The number of amides is 2. The summed E-state index contributed by atoms with van der Waals surface area (Å²) in [4.78, 5) is 23.9. The maximum absolute atomic E-state index is 12.4. The molecule has 1 saturated heterocycles. The van der Waals surface area contributed by atoms with Crippen LogP contribution in [0.1, 0.15) is 51.9 Å². The van der Waals surface area contributed by atoms with Crippen molar-refractivity contribution in [2.24, 2.45) is 5.41 Å². The van der Waals surface area contributed by atoms with Gasteiger partial charge in [-0.05, 0) is 32.6 Å².